The highest BCUT2D eigenvalue weighted by Crippen LogP contribution is 1.91. The fraction of sp³-hybridized carbons (Fsp3) is 0.900. The summed E-state index contributed by atoms with van der Waals surface area (Å²) in [7, 11) is 0. The Balaban J connectivity index is 3.28. The van der Waals surface area contributed by atoms with Gasteiger partial charge in [-0.25, -0.2) is 0 Å². The molecule has 0 aromatic heterocycles. The van der Waals surface area contributed by atoms with Crippen molar-refractivity contribution in [3.63, 3.8) is 0 Å². The number of carboxylic acids is 1. The van der Waals surface area contributed by atoms with Crippen LogP contribution in [0.3, 0.4) is 0 Å². The van der Waals surface area contributed by atoms with Gasteiger partial charge in [0.2, 0.25) is 0 Å². The van der Waals surface area contributed by atoms with E-state index >= 15 is 0 Å². The van der Waals surface area contributed by atoms with E-state index in [0.717, 1.165) is 26.1 Å². The number of aliphatic carboxylic acids is 1. The van der Waals surface area contributed by atoms with Gasteiger partial charge in [0.15, 0.2) is 0 Å². The fourth-order valence-corrected chi connectivity index (χ4v) is 1.20. The van der Waals surface area contributed by atoms with Crippen molar-refractivity contribution < 1.29 is 14.6 Å². The van der Waals surface area contributed by atoms with Gasteiger partial charge < -0.3 is 14.7 Å². The van der Waals surface area contributed by atoms with E-state index in [-0.39, 0.29) is 6.42 Å². The number of carboxylic acid groups (broad SMARTS) is 1. The molecule has 14 heavy (non-hydrogen) atoms. The summed E-state index contributed by atoms with van der Waals surface area (Å²) >= 11 is 0. The Kier molecular flexibility index (Phi) is 8.57. The van der Waals surface area contributed by atoms with Crippen molar-refractivity contribution in [1.82, 2.24) is 4.90 Å². The zero-order valence-electron chi connectivity index (χ0n) is 9.16. The van der Waals surface area contributed by atoms with Crippen LogP contribution in [0.5, 0.6) is 0 Å². The van der Waals surface area contributed by atoms with E-state index in [1.165, 1.54) is 0 Å². The van der Waals surface area contributed by atoms with Gasteiger partial charge in [0.05, 0.1) is 19.6 Å². The summed E-state index contributed by atoms with van der Waals surface area (Å²) in [6.07, 6.45) is 1.24. The van der Waals surface area contributed by atoms with Crippen LogP contribution in [0.25, 0.3) is 0 Å². The number of hydrogen-bond acceptors (Lipinski definition) is 3. The van der Waals surface area contributed by atoms with Crippen LogP contribution in [0, 0.1) is 0 Å². The first-order valence-corrected chi connectivity index (χ1v) is 5.22. The molecule has 0 radical (unpaired) electrons. The predicted octanol–water partition coefficient (Wildman–Crippen LogP) is 1.21. The number of carbonyl (C=O) groups is 1. The number of ether oxygens (including phenoxy) is 1. The summed E-state index contributed by atoms with van der Waals surface area (Å²) in [5.41, 5.74) is 0. The molecule has 0 saturated carbocycles. The number of rotatable bonds is 9. The van der Waals surface area contributed by atoms with E-state index < -0.39 is 5.97 Å². The molecular formula is C10H21NO3. The molecule has 0 aliphatic carbocycles. The van der Waals surface area contributed by atoms with Gasteiger partial charge >= 0.3 is 5.97 Å². The summed E-state index contributed by atoms with van der Waals surface area (Å²) in [5.74, 6) is -0.800. The third-order valence-corrected chi connectivity index (χ3v) is 2.00. The molecule has 0 bridgehead atoms. The number of hydrogen-bond donors (Lipinski definition) is 1. The number of likely N-dealkylation sites (N-methyl/N-ethyl adjacent to an activating group) is 1. The van der Waals surface area contributed by atoms with Gasteiger partial charge in [-0.05, 0) is 19.5 Å². The Bertz CT molecular complexity index is 150. The number of nitrogens with zero attached hydrogens (tertiary/aromatic N) is 1. The van der Waals surface area contributed by atoms with Gasteiger partial charge in [-0.1, -0.05) is 13.8 Å². The van der Waals surface area contributed by atoms with Gasteiger partial charge in [-0.2, -0.15) is 0 Å². The van der Waals surface area contributed by atoms with E-state index in [1.807, 2.05) is 0 Å². The molecular weight excluding hydrogens is 182 g/mol. The average molecular weight is 203 g/mol. The normalized spacial score (nSPS) is 10.8. The second kappa shape index (κ2) is 8.97. The molecule has 0 spiro atoms. The van der Waals surface area contributed by atoms with Gasteiger partial charge in [0.25, 0.3) is 0 Å². The van der Waals surface area contributed by atoms with E-state index in [1.54, 1.807) is 0 Å². The second-order valence-electron chi connectivity index (χ2n) is 3.19. The zero-order chi connectivity index (χ0) is 10.8. The first-order chi connectivity index (χ1) is 6.70. The van der Waals surface area contributed by atoms with Crippen LogP contribution in [0.2, 0.25) is 0 Å². The third-order valence-electron chi connectivity index (χ3n) is 2.00. The van der Waals surface area contributed by atoms with Crippen LogP contribution in [0.4, 0.5) is 0 Å². The second-order valence-corrected chi connectivity index (χ2v) is 3.19. The molecule has 84 valence electrons. The molecule has 0 rings (SSSR count). The minimum atomic E-state index is -0.800. The van der Waals surface area contributed by atoms with Crippen molar-refractivity contribution in [3.05, 3.63) is 0 Å². The maximum Gasteiger partial charge on any atom is 0.305 e. The lowest BCUT2D eigenvalue weighted by Gasteiger charge is -2.18. The molecule has 0 atom stereocenters. The fourth-order valence-electron chi connectivity index (χ4n) is 1.20. The van der Waals surface area contributed by atoms with E-state index in [4.69, 9.17) is 9.84 Å². The Morgan fingerprint density at radius 1 is 1.29 bits per heavy atom. The zero-order valence-corrected chi connectivity index (χ0v) is 9.16. The molecule has 4 nitrogen and oxygen atoms in total. The monoisotopic (exact) mass is 203 g/mol. The summed E-state index contributed by atoms with van der Waals surface area (Å²) in [6.45, 7) is 8.21. The lowest BCUT2D eigenvalue weighted by atomic mass is 10.4. The lowest BCUT2D eigenvalue weighted by molar-refractivity contribution is -0.138. The van der Waals surface area contributed by atoms with Crippen molar-refractivity contribution in [3.8, 4) is 0 Å². The SMILES string of the molecule is CCCN(CC)CCOCCC(=O)O. The van der Waals surface area contributed by atoms with E-state index in [9.17, 15) is 4.79 Å². The van der Waals surface area contributed by atoms with Gasteiger partial charge in [-0.15, -0.1) is 0 Å². The molecule has 0 saturated heterocycles. The van der Waals surface area contributed by atoms with Crippen LogP contribution < -0.4 is 0 Å². The van der Waals surface area contributed by atoms with Crippen LogP contribution in [0.1, 0.15) is 26.7 Å². The van der Waals surface area contributed by atoms with Crippen molar-refractivity contribution >= 4 is 5.97 Å². The van der Waals surface area contributed by atoms with Crippen molar-refractivity contribution in [2.75, 3.05) is 32.8 Å². The van der Waals surface area contributed by atoms with Crippen molar-refractivity contribution in [1.29, 1.82) is 0 Å². The van der Waals surface area contributed by atoms with Crippen LogP contribution in [-0.2, 0) is 9.53 Å². The van der Waals surface area contributed by atoms with E-state index in [2.05, 4.69) is 18.7 Å². The molecule has 0 unspecified atom stereocenters. The van der Waals surface area contributed by atoms with Crippen molar-refractivity contribution in [2.45, 2.75) is 26.7 Å². The quantitative estimate of drug-likeness (QED) is 0.572. The molecule has 0 aromatic rings. The molecule has 0 fully saturated rings. The van der Waals surface area contributed by atoms with Crippen molar-refractivity contribution in [2.24, 2.45) is 0 Å². The predicted molar refractivity (Wildman–Crippen MR) is 55.5 cm³/mol. The summed E-state index contributed by atoms with van der Waals surface area (Å²) in [4.78, 5) is 12.5. The minimum absolute atomic E-state index is 0.0971. The Morgan fingerprint density at radius 3 is 2.50 bits per heavy atom. The summed E-state index contributed by atoms with van der Waals surface area (Å²) < 4.78 is 5.20. The molecule has 1 N–H and O–H groups in total. The molecule has 0 aliphatic heterocycles. The van der Waals surface area contributed by atoms with Gasteiger partial charge in [0.1, 0.15) is 0 Å². The van der Waals surface area contributed by atoms with Crippen LogP contribution in [0.15, 0.2) is 0 Å². The summed E-state index contributed by atoms with van der Waals surface area (Å²) in [5, 5.41) is 8.36. The molecule has 0 aliphatic rings. The topological polar surface area (TPSA) is 49.8 Å². The van der Waals surface area contributed by atoms with Crippen LogP contribution in [-0.4, -0.2) is 48.8 Å². The van der Waals surface area contributed by atoms with Gasteiger partial charge in [0, 0.05) is 6.54 Å². The highest BCUT2D eigenvalue weighted by molar-refractivity contribution is 5.66. The first kappa shape index (κ1) is 13.4. The molecule has 0 aromatic carbocycles. The smallest absolute Gasteiger partial charge is 0.305 e. The maximum absolute atomic E-state index is 10.2. The highest BCUT2D eigenvalue weighted by atomic mass is 16.5. The largest absolute Gasteiger partial charge is 0.481 e. The Hall–Kier alpha value is -0.610. The molecule has 4 heteroatoms. The van der Waals surface area contributed by atoms with E-state index in [0.29, 0.717) is 13.2 Å². The Labute approximate surface area is 85.9 Å². The van der Waals surface area contributed by atoms with Gasteiger partial charge in [-0.3, -0.25) is 4.79 Å². The molecule has 0 heterocycles. The molecule has 0 amide bonds. The summed E-state index contributed by atoms with van der Waals surface area (Å²) in [6, 6.07) is 0. The first-order valence-electron chi connectivity index (χ1n) is 5.22. The Morgan fingerprint density at radius 2 is 2.00 bits per heavy atom. The standard InChI is InChI=1S/C10H21NO3/c1-3-6-11(4-2)7-9-14-8-5-10(12)13/h3-9H2,1-2H3,(H,12,13). The third kappa shape index (κ3) is 8.01. The lowest BCUT2D eigenvalue weighted by Crippen LogP contribution is -2.28. The highest BCUT2D eigenvalue weighted by Gasteiger charge is 2.00. The maximum atomic E-state index is 10.2. The van der Waals surface area contributed by atoms with Crippen LogP contribution >= 0.6 is 0 Å². The minimum Gasteiger partial charge on any atom is -0.481 e. The average Bonchev–Trinajstić information content (AvgIpc) is 2.15.